The fourth-order valence-corrected chi connectivity index (χ4v) is 2.57. The normalized spacial score (nSPS) is 13.5. The number of rotatable bonds is 2. The van der Waals surface area contributed by atoms with Crippen LogP contribution >= 0.6 is 0 Å². The van der Waals surface area contributed by atoms with Crippen molar-refractivity contribution in [2.75, 3.05) is 17.2 Å². The molecule has 1 aliphatic rings. The fraction of sp³-hybridized carbons (Fsp3) is 0.333. The third-order valence-corrected chi connectivity index (χ3v) is 3.62. The number of amides is 1. The van der Waals surface area contributed by atoms with Crippen molar-refractivity contribution in [3.63, 3.8) is 0 Å². The Labute approximate surface area is 145 Å². The molecule has 2 aromatic rings. The standard InChI is InChI=1S/C18H20FN3O3/c1-18(2,3)25-17(23)22-9-7-12-14(6-8-21-16(12)22)24-15-5-4-11(20)10-13(15)19/h4-6,8,10H,7,9,20H2,1-3H3. The van der Waals surface area contributed by atoms with Crippen molar-refractivity contribution in [1.29, 1.82) is 0 Å². The van der Waals surface area contributed by atoms with Gasteiger partial charge in [-0.05, 0) is 45.4 Å². The Morgan fingerprint density at radius 2 is 2.04 bits per heavy atom. The third kappa shape index (κ3) is 3.65. The lowest BCUT2D eigenvalue weighted by Crippen LogP contribution is -2.36. The number of carbonyl (C=O) groups excluding carboxylic acids is 1. The van der Waals surface area contributed by atoms with E-state index >= 15 is 0 Å². The molecule has 3 rings (SSSR count). The summed E-state index contributed by atoms with van der Waals surface area (Å²) in [6, 6.07) is 5.88. The Hall–Kier alpha value is -2.83. The molecule has 2 N–H and O–H groups in total. The van der Waals surface area contributed by atoms with Crippen LogP contribution in [0.5, 0.6) is 11.5 Å². The van der Waals surface area contributed by atoms with Crippen molar-refractivity contribution < 1.29 is 18.7 Å². The molecular formula is C18H20FN3O3. The molecule has 1 aliphatic heterocycles. The molecule has 1 amide bonds. The maximum atomic E-state index is 14.0. The van der Waals surface area contributed by atoms with E-state index in [0.29, 0.717) is 30.2 Å². The fourth-order valence-electron chi connectivity index (χ4n) is 2.57. The van der Waals surface area contributed by atoms with Crippen molar-refractivity contribution in [3.8, 4) is 11.5 Å². The highest BCUT2D eigenvalue weighted by molar-refractivity contribution is 5.89. The predicted molar refractivity (Wildman–Crippen MR) is 92.4 cm³/mol. The van der Waals surface area contributed by atoms with E-state index in [9.17, 15) is 9.18 Å². The van der Waals surface area contributed by atoms with Gasteiger partial charge in [-0.1, -0.05) is 0 Å². The van der Waals surface area contributed by atoms with Crippen molar-refractivity contribution in [1.82, 2.24) is 4.98 Å². The third-order valence-electron chi connectivity index (χ3n) is 3.62. The Morgan fingerprint density at radius 3 is 2.72 bits per heavy atom. The van der Waals surface area contributed by atoms with Crippen LogP contribution in [0.3, 0.4) is 0 Å². The highest BCUT2D eigenvalue weighted by Crippen LogP contribution is 2.37. The minimum absolute atomic E-state index is 0.0679. The van der Waals surface area contributed by atoms with Crippen LogP contribution in [0.15, 0.2) is 30.5 Å². The lowest BCUT2D eigenvalue weighted by Gasteiger charge is -2.24. The van der Waals surface area contributed by atoms with Gasteiger partial charge in [-0.3, -0.25) is 4.90 Å². The molecule has 132 valence electrons. The van der Waals surface area contributed by atoms with Gasteiger partial charge in [0.15, 0.2) is 11.6 Å². The van der Waals surface area contributed by atoms with E-state index in [1.54, 1.807) is 32.9 Å². The molecule has 1 aromatic heterocycles. The highest BCUT2D eigenvalue weighted by atomic mass is 19.1. The molecule has 0 bridgehead atoms. The number of nitrogens with zero attached hydrogens (tertiary/aromatic N) is 2. The zero-order valence-corrected chi connectivity index (χ0v) is 14.4. The van der Waals surface area contributed by atoms with E-state index in [1.165, 1.54) is 23.2 Å². The molecule has 2 heterocycles. The van der Waals surface area contributed by atoms with Gasteiger partial charge in [-0.25, -0.2) is 14.2 Å². The molecule has 25 heavy (non-hydrogen) atoms. The lowest BCUT2D eigenvalue weighted by atomic mass is 10.2. The van der Waals surface area contributed by atoms with Crippen LogP contribution in [0.1, 0.15) is 26.3 Å². The second kappa shape index (κ2) is 6.23. The van der Waals surface area contributed by atoms with E-state index in [2.05, 4.69) is 4.98 Å². The van der Waals surface area contributed by atoms with E-state index in [1.807, 2.05) is 0 Å². The molecule has 0 atom stereocenters. The van der Waals surface area contributed by atoms with Crippen LogP contribution in [0.25, 0.3) is 0 Å². The number of fused-ring (bicyclic) bond motifs is 1. The van der Waals surface area contributed by atoms with Crippen LogP contribution in [-0.4, -0.2) is 23.2 Å². The molecule has 6 nitrogen and oxygen atoms in total. The largest absolute Gasteiger partial charge is 0.454 e. The van der Waals surface area contributed by atoms with Crippen LogP contribution in [-0.2, 0) is 11.2 Å². The van der Waals surface area contributed by atoms with E-state index in [0.717, 1.165) is 5.56 Å². The van der Waals surface area contributed by atoms with Gasteiger partial charge in [0.05, 0.1) is 0 Å². The van der Waals surface area contributed by atoms with E-state index in [-0.39, 0.29) is 5.75 Å². The number of pyridine rings is 1. The molecule has 0 unspecified atom stereocenters. The molecule has 0 spiro atoms. The maximum absolute atomic E-state index is 14.0. The lowest BCUT2D eigenvalue weighted by molar-refractivity contribution is 0.0583. The molecule has 0 saturated heterocycles. The average Bonchev–Trinajstić information content (AvgIpc) is 2.93. The number of nitrogens with two attached hydrogens (primary N) is 1. The van der Waals surface area contributed by atoms with Gasteiger partial charge < -0.3 is 15.2 Å². The number of carbonyl (C=O) groups is 1. The van der Waals surface area contributed by atoms with Crippen molar-refractivity contribution >= 4 is 17.6 Å². The summed E-state index contributed by atoms with van der Waals surface area (Å²) < 4.78 is 25.1. The van der Waals surface area contributed by atoms with Crippen molar-refractivity contribution in [3.05, 3.63) is 41.8 Å². The van der Waals surface area contributed by atoms with E-state index < -0.39 is 17.5 Å². The van der Waals surface area contributed by atoms with Crippen molar-refractivity contribution in [2.24, 2.45) is 0 Å². The molecule has 0 saturated carbocycles. The number of hydrogen-bond donors (Lipinski definition) is 1. The number of benzene rings is 1. The molecule has 0 radical (unpaired) electrons. The van der Waals surface area contributed by atoms with Crippen molar-refractivity contribution in [2.45, 2.75) is 32.8 Å². The average molecular weight is 345 g/mol. The molecule has 0 aliphatic carbocycles. The Morgan fingerprint density at radius 1 is 1.28 bits per heavy atom. The van der Waals surface area contributed by atoms with Gasteiger partial charge in [-0.2, -0.15) is 0 Å². The molecule has 1 aromatic carbocycles. The highest BCUT2D eigenvalue weighted by Gasteiger charge is 2.32. The minimum atomic E-state index is -0.596. The summed E-state index contributed by atoms with van der Waals surface area (Å²) in [4.78, 5) is 18.1. The quantitative estimate of drug-likeness (QED) is 0.836. The Bertz CT molecular complexity index is 818. The Balaban J connectivity index is 1.87. The van der Waals surface area contributed by atoms with E-state index in [4.69, 9.17) is 15.2 Å². The minimum Gasteiger partial charge on any atom is -0.454 e. The number of halogens is 1. The summed E-state index contributed by atoms with van der Waals surface area (Å²) in [6.45, 7) is 5.85. The summed E-state index contributed by atoms with van der Waals surface area (Å²) in [5, 5.41) is 0. The molecule has 7 heteroatoms. The Kier molecular flexibility index (Phi) is 4.24. The number of hydrogen-bond acceptors (Lipinski definition) is 5. The first-order valence-corrected chi connectivity index (χ1v) is 7.96. The zero-order chi connectivity index (χ0) is 18.2. The van der Waals surface area contributed by atoms with Gasteiger partial charge in [0.1, 0.15) is 17.2 Å². The van der Waals surface area contributed by atoms with Gasteiger partial charge in [0.25, 0.3) is 0 Å². The zero-order valence-electron chi connectivity index (χ0n) is 14.4. The first-order chi connectivity index (χ1) is 11.7. The smallest absolute Gasteiger partial charge is 0.416 e. The van der Waals surface area contributed by atoms with Gasteiger partial charge in [-0.15, -0.1) is 0 Å². The maximum Gasteiger partial charge on any atom is 0.416 e. The van der Waals surface area contributed by atoms with Crippen LogP contribution in [0.4, 0.5) is 20.7 Å². The summed E-state index contributed by atoms with van der Waals surface area (Å²) in [5.41, 5.74) is 6.01. The SMILES string of the molecule is CC(C)(C)OC(=O)N1CCc2c(Oc3ccc(N)cc3F)ccnc21. The summed E-state index contributed by atoms with van der Waals surface area (Å²) in [6.07, 6.45) is 1.61. The monoisotopic (exact) mass is 345 g/mol. The molecular weight excluding hydrogens is 325 g/mol. The topological polar surface area (TPSA) is 77.7 Å². The number of anilines is 2. The number of ether oxygens (including phenoxy) is 2. The first-order valence-electron chi connectivity index (χ1n) is 7.96. The number of nitrogen functional groups attached to an aromatic ring is 1. The first kappa shape index (κ1) is 17.0. The molecule has 0 fully saturated rings. The summed E-state index contributed by atoms with van der Waals surface area (Å²) >= 11 is 0. The summed E-state index contributed by atoms with van der Waals surface area (Å²) in [5.74, 6) is 0.452. The van der Waals surface area contributed by atoms with Gasteiger partial charge in [0.2, 0.25) is 0 Å². The predicted octanol–water partition coefficient (Wildman–Crippen LogP) is 3.89. The second-order valence-corrected chi connectivity index (χ2v) is 6.79. The number of aromatic nitrogens is 1. The second-order valence-electron chi connectivity index (χ2n) is 6.79. The van der Waals surface area contributed by atoms with Crippen LogP contribution in [0.2, 0.25) is 0 Å². The van der Waals surface area contributed by atoms with Crippen LogP contribution in [0, 0.1) is 5.82 Å². The van der Waals surface area contributed by atoms with Crippen LogP contribution < -0.4 is 15.4 Å². The summed E-state index contributed by atoms with van der Waals surface area (Å²) in [7, 11) is 0. The van der Waals surface area contributed by atoms with Gasteiger partial charge >= 0.3 is 6.09 Å². The van der Waals surface area contributed by atoms with Gasteiger partial charge in [0, 0.05) is 30.1 Å².